The zero-order valence-electron chi connectivity index (χ0n) is 6.36. The second kappa shape index (κ2) is 4.69. The largest absolute Gasteiger partial charge is 0.236 e. The van der Waals surface area contributed by atoms with Crippen molar-refractivity contribution in [1.29, 1.82) is 0 Å². The van der Waals surface area contributed by atoms with Gasteiger partial charge in [0, 0.05) is 0 Å². The van der Waals surface area contributed by atoms with Crippen molar-refractivity contribution in [3.8, 4) is 0 Å². The fourth-order valence-electron chi connectivity index (χ4n) is 0.852. The van der Waals surface area contributed by atoms with Gasteiger partial charge in [0.1, 0.15) is 0 Å². The molecule has 0 spiro atoms. The van der Waals surface area contributed by atoms with E-state index in [2.05, 4.69) is 0 Å². The lowest BCUT2D eigenvalue weighted by molar-refractivity contribution is 0.199. The molecule has 0 heterocycles. The third-order valence-corrected chi connectivity index (χ3v) is 1.39. The SMILES string of the molecule is [O]CCC=Cc1ccccc1. The van der Waals surface area contributed by atoms with Crippen LogP contribution >= 0.6 is 0 Å². The Morgan fingerprint density at radius 1 is 1.18 bits per heavy atom. The van der Waals surface area contributed by atoms with Gasteiger partial charge in [0.05, 0.1) is 6.61 Å². The second-order valence-electron chi connectivity index (χ2n) is 2.31. The number of hydrogen-bond donors (Lipinski definition) is 0. The van der Waals surface area contributed by atoms with Gasteiger partial charge in [0.2, 0.25) is 0 Å². The normalized spacial score (nSPS) is 10.6. The molecule has 0 saturated carbocycles. The first-order valence-corrected chi connectivity index (χ1v) is 3.73. The minimum absolute atomic E-state index is 0.0245. The van der Waals surface area contributed by atoms with Crippen LogP contribution in [0.1, 0.15) is 12.0 Å². The monoisotopic (exact) mass is 147 g/mol. The molecule has 57 valence electrons. The number of hydrogen-bond acceptors (Lipinski definition) is 0. The number of benzene rings is 1. The van der Waals surface area contributed by atoms with E-state index in [-0.39, 0.29) is 6.61 Å². The zero-order valence-corrected chi connectivity index (χ0v) is 6.36. The lowest BCUT2D eigenvalue weighted by atomic mass is 10.2. The Morgan fingerprint density at radius 3 is 2.55 bits per heavy atom. The zero-order chi connectivity index (χ0) is 7.94. The smallest absolute Gasteiger partial charge is 0.0856 e. The van der Waals surface area contributed by atoms with Crippen molar-refractivity contribution < 1.29 is 5.11 Å². The fourth-order valence-corrected chi connectivity index (χ4v) is 0.852. The van der Waals surface area contributed by atoms with Crippen molar-refractivity contribution in [2.75, 3.05) is 6.61 Å². The van der Waals surface area contributed by atoms with Gasteiger partial charge in [-0.1, -0.05) is 42.5 Å². The summed E-state index contributed by atoms with van der Waals surface area (Å²) in [6.45, 7) is -0.0245. The van der Waals surface area contributed by atoms with Crippen molar-refractivity contribution in [3.05, 3.63) is 42.0 Å². The van der Waals surface area contributed by atoms with Gasteiger partial charge in [-0.2, -0.15) is 0 Å². The van der Waals surface area contributed by atoms with E-state index < -0.39 is 0 Å². The first kappa shape index (κ1) is 8.02. The van der Waals surface area contributed by atoms with E-state index in [0.29, 0.717) is 6.42 Å². The van der Waals surface area contributed by atoms with E-state index in [9.17, 15) is 5.11 Å². The third-order valence-electron chi connectivity index (χ3n) is 1.39. The summed E-state index contributed by atoms with van der Waals surface area (Å²) in [5.41, 5.74) is 1.15. The van der Waals surface area contributed by atoms with Crippen molar-refractivity contribution in [2.24, 2.45) is 0 Å². The summed E-state index contributed by atoms with van der Waals surface area (Å²) in [5.74, 6) is 0. The highest BCUT2D eigenvalue weighted by molar-refractivity contribution is 5.48. The molecule has 1 nitrogen and oxygen atoms in total. The van der Waals surface area contributed by atoms with E-state index in [0.717, 1.165) is 5.56 Å². The molecular formula is C10H11O. The first-order valence-electron chi connectivity index (χ1n) is 3.73. The molecule has 1 heteroatoms. The standard InChI is InChI=1S/C10H11O/c11-9-5-4-8-10-6-2-1-3-7-10/h1-4,6-8H,5,9H2. The highest BCUT2D eigenvalue weighted by Crippen LogP contribution is 2.01. The Hall–Kier alpha value is -1.08. The molecule has 1 rings (SSSR count). The molecule has 11 heavy (non-hydrogen) atoms. The van der Waals surface area contributed by atoms with Crippen LogP contribution in [0.25, 0.3) is 6.08 Å². The lowest BCUT2D eigenvalue weighted by Gasteiger charge is -1.89. The van der Waals surface area contributed by atoms with Crippen LogP contribution in [-0.4, -0.2) is 6.61 Å². The maximum atomic E-state index is 10.1. The van der Waals surface area contributed by atoms with Gasteiger partial charge < -0.3 is 0 Å². The third kappa shape index (κ3) is 3.01. The molecule has 0 aliphatic carbocycles. The van der Waals surface area contributed by atoms with Crippen molar-refractivity contribution in [3.63, 3.8) is 0 Å². The molecular weight excluding hydrogens is 136 g/mol. The van der Waals surface area contributed by atoms with Crippen LogP contribution in [0.3, 0.4) is 0 Å². The predicted octanol–water partition coefficient (Wildman–Crippen LogP) is 2.52. The van der Waals surface area contributed by atoms with E-state index in [1.807, 2.05) is 42.5 Å². The van der Waals surface area contributed by atoms with Crippen LogP contribution < -0.4 is 0 Å². The summed E-state index contributed by atoms with van der Waals surface area (Å²) in [5, 5.41) is 10.1. The highest BCUT2D eigenvalue weighted by Gasteiger charge is 1.81. The van der Waals surface area contributed by atoms with Gasteiger partial charge in [-0.3, -0.25) is 0 Å². The summed E-state index contributed by atoms with van der Waals surface area (Å²) in [7, 11) is 0. The van der Waals surface area contributed by atoms with Crippen LogP contribution in [-0.2, 0) is 5.11 Å². The van der Waals surface area contributed by atoms with Crippen molar-refractivity contribution >= 4 is 6.08 Å². The molecule has 1 aromatic carbocycles. The summed E-state index contributed by atoms with van der Waals surface area (Å²) < 4.78 is 0. The van der Waals surface area contributed by atoms with Crippen LogP contribution in [0.5, 0.6) is 0 Å². The predicted molar refractivity (Wildman–Crippen MR) is 45.6 cm³/mol. The molecule has 0 saturated heterocycles. The minimum Gasteiger partial charge on any atom is -0.236 e. The Kier molecular flexibility index (Phi) is 3.42. The summed E-state index contributed by atoms with van der Waals surface area (Å²) in [6.07, 6.45) is 4.50. The molecule has 0 aliphatic rings. The number of rotatable bonds is 3. The molecule has 0 bridgehead atoms. The average Bonchev–Trinajstić information content (AvgIpc) is 2.07. The van der Waals surface area contributed by atoms with Crippen LogP contribution in [0, 0.1) is 0 Å². The van der Waals surface area contributed by atoms with Gasteiger partial charge in [-0.25, -0.2) is 5.11 Å². The molecule has 0 amide bonds. The van der Waals surface area contributed by atoms with E-state index >= 15 is 0 Å². The molecule has 0 atom stereocenters. The molecule has 1 radical (unpaired) electrons. The molecule has 0 N–H and O–H groups in total. The van der Waals surface area contributed by atoms with Gasteiger partial charge in [0.15, 0.2) is 0 Å². The van der Waals surface area contributed by atoms with Gasteiger partial charge >= 0.3 is 0 Å². The second-order valence-corrected chi connectivity index (χ2v) is 2.31. The van der Waals surface area contributed by atoms with Crippen LogP contribution in [0.2, 0.25) is 0 Å². The Bertz CT molecular complexity index is 214. The maximum absolute atomic E-state index is 10.1. The lowest BCUT2D eigenvalue weighted by Crippen LogP contribution is -1.73. The van der Waals surface area contributed by atoms with Crippen molar-refractivity contribution in [1.82, 2.24) is 0 Å². The van der Waals surface area contributed by atoms with Crippen LogP contribution in [0.15, 0.2) is 36.4 Å². The first-order chi connectivity index (χ1) is 5.43. The average molecular weight is 147 g/mol. The Morgan fingerprint density at radius 2 is 1.91 bits per heavy atom. The Balaban J connectivity index is 2.50. The topological polar surface area (TPSA) is 19.9 Å². The molecule has 0 fully saturated rings. The summed E-state index contributed by atoms with van der Waals surface area (Å²) >= 11 is 0. The van der Waals surface area contributed by atoms with Gasteiger partial charge in [-0.05, 0) is 12.0 Å². The van der Waals surface area contributed by atoms with Gasteiger partial charge in [-0.15, -0.1) is 0 Å². The fraction of sp³-hybridized carbons (Fsp3) is 0.200. The van der Waals surface area contributed by atoms with E-state index in [1.54, 1.807) is 0 Å². The summed E-state index contributed by atoms with van der Waals surface area (Å²) in [6, 6.07) is 9.97. The van der Waals surface area contributed by atoms with Crippen LogP contribution in [0.4, 0.5) is 0 Å². The highest BCUT2D eigenvalue weighted by atomic mass is 16.2. The Labute approximate surface area is 67.0 Å². The molecule has 0 aliphatic heterocycles. The molecule has 1 aromatic rings. The quantitative estimate of drug-likeness (QED) is 0.626. The van der Waals surface area contributed by atoms with E-state index in [4.69, 9.17) is 0 Å². The van der Waals surface area contributed by atoms with E-state index in [1.165, 1.54) is 0 Å². The maximum Gasteiger partial charge on any atom is 0.0856 e. The summed E-state index contributed by atoms with van der Waals surface area (Å²) in [4.78, 5) is 0. The van der Waals surface area contributed by atoms with Crippen molar-refractivity contribution in [2.45, 2.75) is 6.42 Å². The molecule has 0 unspecified atom stereocenters. The van der Waals surface area contributed by atoms with Gasteiger partial charge in [0.25, 0.3) is 0 Å². The minimum atomic E-state index is -0.0245. The molecule has 0 aromatic heterocycles.